The minimum Gasteiger partial charge on any atom is -0.378 e. The van der Waals surface area contributed by atoms with Crippen LogP contribution in [-0.4, -0.2) is 52.1 Å². The number of hydrogen-bond donors (Lipinski definition) is 2. The normalized spacial score (nSPS) is 14.1. The number of nitrogens with one attached hydrogen (secondary N) is 2. The molecular formula is C23H25F2N7O2. The van der Waals surface area contributed by atoms with Crippen LogP contribution >= 0.6 is 0 Å². The summed E-state index contributed by atoms with van der Waals surface area (Å²) in [5.74, 6) is -2.78. The lowest BCUT2D eigenvalue weighted by molar-refractivity contribution is -0.114. The molecule has 11 heteroatoms. The first-order valence-electron chi connectivity index (χ1n) is 10.8. The molecule has 4 rings (SSSR count). The molecule has 0 unspecified atom stereocenters. The third kappa shape index (κ3) is 5.60. The van der Waals surface area contributed by atoms with Gasteiger partial charge in [-0.25, -0.2) is 19.9 Å². The number of morpholine rings is 1. The van der Waals surface area contributed by atoms with Crippen LogP contribution in [0.2, 0.25) is 0 Å². The van der Waals surface area contributed by atoms with Gasteiger partial charge >= 0.3 is 5.92 Å². The SMILES string of the molecule is CC(=O)Nc1cc(Nc2cc(C)nc(C(C)(F)F)n2)c(-c2cccc(N3CCOCC3)n2)cn1. The zero-order valence-electron chi connectivity index (χ0n) is 19.1. The van der Waals surface area contributed by atoms with Crippen molar-refractivity contribution in [2.24, 2.45) is 0 Å². The van der Waals surface area contributed by atoms with Crippen LogP contribution in [0.3, 0.4) is 0 Å². The fourth-order valence-electron chi connectivity index (χ4n) is 3.52. The summed E-state index contributed by atoms with van der Waals surface area (Å²) in [6.07, 6.45) is 1.57. The molecule has 0 spiro atoms. The van der Waals surface area contributed by atoms with Crippen molar-refractivity contribution < 1.29 is 18.3 Å². The molecule has 4 heterocycles. The average molecular weight is 469 g/mol. The Morgan fingerprint density at radius 1 is 1.12 bits per heavy atom. The van der Waals surface area contributed by atoms with E-state index in [1.54, 1.807) is 25.3 Å². The van der Waals surface area contributed by atoms with Gasteiger partial charge in [-0.15, -0.1) is 0 Å². The van der Waals surface area contributed by atoms with Crippen molar-refractivity contribution in [2.45, 2.75) is 26.7 Å². The number of halogens is 2. The van der Waals surface area contributed by atoms with E-state index < -0.39 is 11.7 Å². The van der Waals surface area contributed by atoms with Crippen molar-refractivity contribution in [3.8, 4) is 11.3 Å². The molecule has 0 radical (unpaired) electrons. The Labute approximate surface area is 195 Å². The van der Waals surface area contributed by atoms with Gasteiger partial charge < -0.3 is 20.3 Å². The van der Waals surface area contributed by atoms with Crippen molar-refractivity contribution >= 4 is 29.0 Å². The Hall–Kier alpha value is -3.73. The van der Waals surface area contributed by atoms with Crippen molar-refractivity contribution in [2.75, 3.05) is 41.8 Å². The van der Waals surface area contributed by atoms with Crippen molar-refractivity contribution in [3.05, 3.63) is 48.0 Å². The fraction of sp³-hybridized carbons (Fsp3) is 0.348. The highest BCUT2D eigenvalue weighted by Crippen LogP contribution is 2.32. The molecular weight excluding hydrogens is 444 g/mol. The molecule has 34 heavy (non-hydrogen) atoms. The van der Waals surface area contributed by atoms with E-state index in [0.29, 0.717) is 41.7 Å². The molecule has 3 aromatic rings. The van der Waals surface area contributed by atoms with Gasteiger partial charge in [0.2, 0.25) is 11.7 Å². The number of anilines is 4. The maximum absolute atomic E-state index is 13.9. The lowest BCUT2D eigenvalue weighted by Gasteiger charge is -2.28. The van der Waals surface area contributed by atoms with E-state index in [-0.39, 0.29) is 11.7 Å². The van der Waals surface area contributed by atoms with Crippen LogP contribution in [0.1, 0.15) is 25.4 Å². The number of alkyl halides is 2. The van der Waals surface area contributed by atoms with Crippen LogP contribution in [0.5, 0.6) is 0 Å². The smallest absolute Gasteiger partial charge is 0.303 e. The van der Waals surface area contributed by atoms with Gasteiger partial charge in [-0.05, 0) is 19.1 Å². The number of carbonyl (C=O) groups is 1. The largest absolute Gasteiger partial charge is 0.378 e. The number of rotatable bonds is 6. The molecule has 1 aliphatic heterocycles. The number of aromatic nitrogens is 4. The van der Waals surface area contributed by atoms with Gasteiger partial charge in [0.05, 0.1) is 24.6 Å². The van der Waals surface area contributed by atoms with Crippen LogP contribution in [0.15, 0.2) is 36.5 Å². The molecule has 3 aromatic heterocycles. The monoisotopic (exact) mass is 469 g/mol. The van der Waals surface area contributed by atoms with Gasteiger partial charge in [0.15, 0.2) is 0 Å². The summed E-state index contributed by atoms with van der Waals surface area (Å²) in [6, 6.07) is 8.82. The number of hydrogen-bond acceptors (Lipinski definition) is 8. The number of aryl methyl sites for hydroxylation is 1. The number of pyridine rings is 2. The second-order valence-electron chi connectivity index (χ2n) is 8.01. The molecule has 9 nitrogen and oxygen atoms in total. The molecule has 1 amide bonds. The zero-order valence-corrected chi connectivity index (χ0v) is 19.1. The maximum Gasteiger partial charge on any atom is 0.303 e. The first-order chi connectivity index (χ1) is 16.2. The molecule has 0 bridgehead atoms. The number of amides is 1. The summed E-state index contributed by atoms with van der Waals surface area (Å²) >= 11 is 0. The summed E-state index contributed by atoms with van der Waals surface area (Å²) in [5, 5.41) is 5.72. The molecule has 178 valence electrons. The molecule has 2 N–H and O–H groups in total. The second kappa shape index (κ2) is 9.64. The summed E-state index contributed by atoms with van der Waals surface area (Å²) < 4.78 is 33.2. The van der Waals surface area contributed by atoms with E-state index in [2.05, 4.69) is 30.5 Å². The second-order valence-corrected chi connectivity index (χ2v) is 8.01. The van der Waals surface area contributed by atoms with Crippen LogP contribution in [-0.2, 0) is 15.5 Å². The van der Waals surface area contributed by atoms with Crippen LogP contribution in [0.25, 0.3) is 11.3 Å². The highest BCUT2D eigenvalue weighted by atomic mass is 19.3. The van der Waals surface area contributed by atoms with E-state index in [1.165, 1.54) is 6.92 Å². The van der Waals surface area contributed by atoms with Crippen molar-refractivity contribution in [3.63, 3.8) is 0 Å². The topological polar surface area (TPSA) is 105 Å². The van der Waals surface area contributed by atoms with E-state index >= 15 is 0 Å². The predicted molar refractivity (Wildman–Crippen MR) is 124 cm³/mol. The zero-order chi connectivity index (χ0) is 24.3. The van der Waals surface area contributed by atoms with E-state index in [4.69, 9.17) is 9.72 Å². The molecule has 1 aliphatic rings. The summed E-state index contributed by atoms with van der Waals surface area (Å²) in [7, 11) is 0. The van der Waals surface area contributed by atoms with Crippen molar-refractivity contribution in [1.82, 2.24) is 19.9 Å². The van der Waals surface area contributed by atoms with Gasteiger partial charge in [0, 0.05) is 56.5 Å². The van der Waals surface area contributed by atoms with Crippen molar-refractivity contribution in [1.29, 1.82) is 0 Å². The Morgan fingerprint density at radius 2 is 1.88 bits per heavy atom. The number of ether oxygens (including phenoxy) is 1. The highest BCUT2D eigenvalue weighted by molar-refractivity contribution is 5.89. The minimum absolute atomic E-state index is 0.189. The summed E-state index contributed by atoms with van der Waals surface area (Å²) in [6.45, 7) is 6.46. The van der Waals surface area contributed by atoms with Crippen LogP contribution < -0.4 is 15.5 Å². The highest BCUT2D eigenvalue weighted by Gasteiger charge is 2.29. The van der Waals surface area contributed by atoms with E-state index in [0.717, 1.165) is 25.8 Å². The van der Waals surface area contributed by atoms with Gasteiger partial charge in [0.1, 0.15) is 17.5 Å². The maximum atomic E-state index is 13.9. The van der Waals surface area contributed by atoms with Gasteiger partial charge in [-0.2, -0.15) is 8.78 Å². The Balaban J connectivity index is 1.75. The molecule has 0 saturated carbocycles. The quantitative estimate of drug-likeness (QED) is 0.560. The van der Waals surface area contributed by atoms with E-state index in [9.17, 15) is 13.6 Å². The molecule has 1 fully saturated rings. The summed E-state index contributed by atoms with van der Waals surface area (Å²) in [5.41, 5.74) is 2.12. The Morgan fingerprint density at radius 3 is 2.59 bits per heavy atom. The molecule has 1 saturated heterocycles. The number of nitrogens with zero attached hydrogens (tertiary/aromatic N) is 5. The average Bonchev–Trinajstić information content (AvgIpc) is 2.79. The fourth-order valence-corrected chi connectivity index (χ4v) is 3.52. The lowest BCUT2D eigenvalue weighted by atomic mass is 10.1. The third-order valence-electron chi connectivity index (χ3n) is 5.06. The van der Waals surface area contributed by atoms with Crippen LogP contribution in [0, 0.1) is 6.92 Å². The number of carbonyl (C=O) groups excluding carboxylic acids is 1. The van der Waals surface area contributed by atoms with Gasteiger partial charge in [-0.1, -0.05) is 6.07 Å². The first-order valence-corrected chi connectivity index (χ1v) is 10.8. The lowest BCUT2D eigenvalue weighted by Crippen LogP contribution is -2.36. The Kier molecular flexibility index (Phi) is 6.64. The van der Waals surface area contributed by atoms with Gasteiger partial charge in [0.25, 0.3) is 0 Å². The molecule has 0 aliphatic carbocycles. The minimum atomic E-state index is -3.20. The summed E-state index contributed by atoms with van der Waals surface area (Å²) in [4.78, 5) is 30.6. The van der Waals surface area contributed by atoms with E-state index in [1.807, 2.05) is 18.2 Å². The Bertz CT molecular complexity index is 1190. The molecule has 0 atom stereocenters. The standard InChI is InChI=1S/C23H25F2N7O2/c1-14-11-20(31-22(27-14)23(3,24)25)29-18-12-19(28-15(2)33)26-13-16(18)17-5-4-6-21(30-17)32-7-9-34-10-8-32/h4-6,11-13H,7-10H2,1-3H3,(H2,26,27,28,29,31,33). The van der Waals surface area contributed by atoms with Gasteiger partial charge in [-0.3, -0.25) is 4.79 Å². The third-order valence-corrected chi connectivity index (χ3v) is 5.06. The first kappa shape index (κ1) is 23.4. The molecule has 0 aromatic carbocycles. The van der Waals surface area contributed by atoms with Crippen LogP contribution in [0.4, 0.5) is 31.9 Å². The predicted octanol–water partition coefficient (Wildman–Crippen LogP) is 3.89.